The molecule has 7 aromatic carbocycles. The standard InChI is InChI=1S/C42H44N12O2.C20H24N4O2.C12H15N4O.ClH/c1-51-25-26-52(2)41(51)49-47-31-17-13-29(14-18-31)43-21-7-23-45-35-11-5-9-33-37(35)40(56)38-34(39(33)55)10-6-12-36(38)46-24-8-22-44-30-15-19-32(20-16-30)48-50-42-53(3)27-28-54(42)4;21-9-3-11-23-15-7-1-5-13-17(15)20(26)18-14(19(13)25)6-2-8-16(18)24-12-4-10-22;1-15-8-9-16(2)12(15)14-13-10-4-6-11(17-3)7-5-10;/h5-6,9-20,25-28H,7-8,21-24H2,1-4H3,(H2,45,46,56);1-2,5-8,23-24H,3-4,9-12,21-22H2;4-9H,1-3H3;1H/q;;+1;/p+1. The predicted molar refractivity (Wildman–Crippen MR) is 385 cm³/mol. The van der Waals surface area contributed by atoms with E-state index in [1.165, 1.54) is 0 Å². The second-order valence-electron chi connectivity index (χ2n) is 23.6. The van der Waals surface area contributed by atoms with Crippen LogP contribution < -0.4 is 74.2 Å². The van der Waals surface area contributed by atoms with Crippen LogP contribution in [-0.2, 0) is 42.3 Å². The molecule has 516 valence electrons. The van der Waals surface area contributed by atoms with Crippen LogP contribution in [0.2, 0.25) is 0 Å². The molecule has 12 rings (SSSR count). The summed E-state index contributed by atoms with van der Waals surface area (Å²) >= 11 is 0. The van der Waals surface area contributed by atoms with Crippen LogP contribution in [0.5, 0.6) is 5.75 Å². The Labute approximate surface area is 587 Å². The molecule has 3 aromatic heterocycles. The lowest BCUT2D eigenvalue weighted by molar-refractivity contribution is -0.657. The molecule has 0 unspecified atom stereocenters. The van der Waals surface area contributed by atoms with Crippen molar-refractivity contribution in [1.82, 2.24) is 13.7 Å². The minimum atomic E-state index is -0.159. The molecule has 0 amide bonds. The molecule has 10 aromatic rings. The Morgan fingerprint density at radius 3 is 0.920 bits per heavy atom. The molecular weight excluding hydrogens is 1280 g/mol. The van der Waals surface area contributed by atoms with E-state index in [1.54, 1.807) is 43.5 Å². The number of nitrogens with zero attached hydrogens (tertiary/aromatic N) is 12. The summed E-state index contributed by atoms with van der Waals surface area (Å²) in [7, 11) is 13.2. The van der Waals surface area contributed by atoms with Gasteiger partial charge in [-0.15, -0.1) is 0 Å². The van der Waals surface area contributed by atoms with Gasteiger partial charge in [-0.25, -0.2) is 27.4 Å². The summed E-state index contributed by atoms with van der Waals surface area (Å²) in [4.78, 5) is 54.0. The van der Waals surface area contributed by atoms with Gasteiger partial charge in [0.25, 0.3) is 0 Å². The zero-order chi connectivity index (χ0) is 69.8. The van der Waals surface area contributed by atoms with E-state index < -0.39 is 0 Å². The number of halogens is 1. The lowest BCUT2D eigenvalue weighted by Gasteiger charge is -2.23. The molecule has 10 N–H and O–H groups in total. The SMILES string of the molecule is COc1ccc(N=Nc2n(C)cc[n+]2C)cc1.Cn1cc[n+](C)c1N=Nc1ccc(NCCCNc2cccc3c2C(=O)c2c(NCCCNc4ccc(N=Nc5n(C)cc[n+]5C)cc4)cccc2C3=O)cc1.NCCCNc1cccc2c1C(=O)c1c(NCCCN)cccc1C2=O.[Cl-]. The fourth-order valence-corrected chi connectivity index (χ4v) is 11.2. The maximum absolute atomic E-state index is 14.1. The van der Waals surface area contributed by atoms with Crippen LogP contribution in [0.4, 0.5) is 69.0 Å². The number of anilines is 6. The molecule has 0 spiro atoms. The lowest BCUT2D eigenvalue weighted by atomic mass is 9.82. The van der Waals surface area contributed by atoms with Crippen molar-refractivity contribution in [2.75, 3.05) is 91.4 Å². The summed E-state index contributed by atoms with van der Waals surface area (Å²) in [5.41, 5.74) is 21.5. The molecule has 0 radical (unpaired) electrons. The van der Waals surface area contributed by atoms with E-state index in [-0.39, 0.29) is 35.5 Å². The Kier molecular flexibility index (Phi) is 25.5. The number of nitrogens with one attached hydrogen (secondary N) is 6. The second-order valence-corrected chi connectivity index (χ2v) is 23.6. The first-order valence-electron chi connectivity index (χ1n) is 32.8. The summed E-state index contributed by atoms with van der Waals surface area (Å²) in [6, 6.07) is 44.6. The molecule has 25 nitrogen and oxygen atoms in total. The first-order chi connectivity index (χ1) is 48.1. The van der Waals surface area contributed by atoms with E-state index >= 15 is 0 Å². The van der Waals surface area contributed by atoms with Gasteiger partial charge >= 0.3 is 17.8 Å². The fraction of sp³-hybridized carbons (Fsp3) is 0.257. The Morgan fingerprint density at radius 1 is 0.370 bits per heavy atom. The number of ether oxygens (including phenoxy) is 1. The van der Waals surface area contributed by atoms with Gasteiger partial charge in [0.1, 0.15) is 22.8 Å². The van der Waals surface area contributed by atoms with E-state index in [0.29, 0.717) is 120 Å². The normalized spacial score (nSPS) is 12.0. The van der Waals surface area contributed by atoms with Crippen molar-refractivity contribution in [3.05, 3.63) is 227 Å². The zero-order valence-corrected chi connectivity index (χ0v) is 58.0. The molecule has 2 aliphatic carbocycles. The molecule has 3 heterocycles. The molecule has 2 aliphatic rings. The Hall–Kier alpha value is -11.5. The van der Waals surface area contributed by atoms with Crippen molar-refractivity contribution in [3.8, 4) is 5.75 Å². The van der Waals surface area contributed by atoms with E-state index in [4.69, 9.17) is 16.2 Å². The number of nitrogens with two attached hydrogens (primary N) is 2. The number of methoxy groups -OCH3 is 1. The average Bonchev–Trinajstić information content (AvgIpc) is 0.911. The number of carbonyl (C=O) groups excluding carboxylic acids is 4. The maximum Gasteiger partial charge on any atom is 0.421 e. The molecule has 100 heavy (non-hydrogen) atoms. The maximum atomic E-state index is 14.1. The van der Waals surface area contributed by atoms with Crippen LogP contribution in [0.15, 0.2) is 213 Å². The molecule has 0 atom stereocenters. The summed E-state index contributed by atoms with van der Waals surface area (Å²) in [6.45, 7) is 5.08. The number of imidazole rings is 3. The Morgan fingerprint density at radius 2 is 0.650 bits per heavy atom. The van der Waals surface area contributed by atoms with Crippen molar-refractivity contribution in [2.45, 2.75) is 25.7 Å². The van der Waals surface area contributed by atoms with Gasteiger partial charge in [-0.2, -0.15) is 0 Å². The number of aromatic nitrogens is 6. The van der Waals surface area contributed by atoms with Crippen molar-refractivity contribution in [1.29, 1.82) is 0 Å². The number of aryl methyl sites for hydroxylation is 6. The number of ketones is 4. The van der Waals surface area contributed by atoms with Crippen molar-refractivity contribution in [3.63, 3.8) is 0 Å². The van der Waals surface area contributed by atoms with Crippen LogP contribution in [0, 0.1) is 0 Å². The highest BCUT2D eigenvalue weighted by Crippen LogP contribution is 2.38. The molecular formula is C74H85ClN20O5+2. The van der Waals surface area contributed by atoms with Gasteiger partial charge in [0.15, 0.2) is 23.1 Å². The van der Waals surface area contributed by atoms with Crippen molar-refractivity contribution < 1.29 is 50.0 Å². The molecule has 0 fully saturated rings. The van der Waals surface area contributed by atoms with Crippen LogP contribution in [0.3, 0.4) is 0 Å². The second kappa shape index (κ2) is 35.1. The number of hydrogen-bond donors (Lipinski definition) is 8. The Bertz CT molecular complexity index is 4290. The highest BCUT2D eigenvalue weighted by atomic mass is 35.5. The van der Waals surface area contributed by atoms with E-state index in [0.717, 1.165) is 77.7 Å². The first kappa shape index (κ1) is 72.7. The largest absolute Gasteiger partial charge is 1.00 e. The van der Waals surface area contributed by atoms with Gasteiger partial charge in [-0.05, 0) is 136 Å². The highest BCUT2D eigenvalue weighted by molar-refractivity contribution is 6.33. The summed E-state index contributed by atoms with van der Waals surface area (Å²) < 4.78 is 16.5. The van der Waals surface area contributed by atoms with Gasteiger partial charge in [0.05, 0.1) is 109 Å². The lowest BCUT2D eigenvalue weighted by Crippen LogP contribution is -3.00. The van der Waals surface area contributed by atoms with E-state index in [2.05, 4.69) is 62.6 Å². The molecule has 0 bridgehead atoms. The predicted octanol–water partition coefficient (Wildman–Crippen LogP) is 8.71. The Balaban J connectivity index is 0.000000216. The zero-order valence-electron chi connectivity index (χ0n) is 57.2. The van der Waals surface area contributed by atoms with Crippen LogP contribution in [0.1, 0.15) is 89.4 Å². The summed E-state index contributed by atoms with van der Waals surface area (Å²) in [5.74, 6) is 2.54. The van der Waals surface area contributed by atoms with Gasteiger partial charge in [-0.1, -0.05) is 63.9 Å². The summed E-state index contributed by atoms with van der Waals surface area (Å²) in [6.07, 6.45) is 14.7. The first-order valence-corrected chi connectivity index (χ1v) is 32.8. The van der Waals surface area contributed by atoms with Gasteiger partial charge < -0.3 is 60.5 Å². The van der Waals surface area contributed by atoms with Crippen molar-refractivity contribution in [2.24, 2.45) is 84.4 Å². The molecule has 0 aliphatic heterocycles. The third kappa shape index (κ3) is 17.8. The van der Waals surface area contributed by atoms with Crippen LogP contribution in [0.25, 0.3) is 0 Å². The number of hydrogen-bond acceptors (Lipinski definition) is 19. The highest BCUT2D eigenvalue weighted by Gasteiger charge is 2.35. The third-order valence-corrected chi connectivity index (χ3v) is 16.5. The topological polar surface area (TPSA) is 302 Å². The van der Waals surface area contributed by atoms with E-state index in [9.17, 15) is 19.2 Å². The molecule has 0 saturated carbocycles. The fourth-order valence-electron chi connectivity index (χ4n) is 11.2. The molecule has 26 heteroatoms. The van der Waals surface area contributed by atoms with Crippen molar-refractivity contribution >= 4 is 92.2 Å². The quantitative estimate of drug-likeness (QED) is 0.0136. The molecule has 0 saturated heterocycles. The number of rotatable bonds is 27. The van der Waals surface area contributed by atoms with Crippen LogP contribution >= 0.6 is 0 Å². The van der Waals surface area contributed by atoms with Crippen LogP contribution in [-0.4, -0.2) is 96.3 Å². The number of benzene rings is 7. The average molecular weight is 1370 g/mol. The van der Waals surface area contributed by atoms with Gasteiger partial charge in [-0.3, -0.25) is 19.2 Å². The summed E-state index contributed by atoms with van der Waals surface area (Å²) in [5, 5.41) is 46.0. The monoisotopic (exact) mass is 1370 g/mol. The van der Waals surface area contributed by atoms with Gasteiger partial charge in [0.2, 0.25) is 0 Å². The van der Waals surface area contributed by atoms with E-state index in [1.807, 2.05) is 216 Å². The number of fused-ring (bicyclic) bond motifs is 4. The minimum absolute atomic E-state index is 0. The minimum Gasteiger partial charge on any atom is -1.00 e. The number of carbonyl (C=O) groups is 4. The third-order valence-electron chi connectivity index (χ3n) is 16.5. The van der Waals surface area contributed by atoms with Gasteiger partial charge in [0, 0.05) is 111 Å². The number of azo groups is 3. The smallest absolute Gasteiger partial charge is 0.421 e.